The number of aromatic nitrogens is 3. The topological polar surface area (TPSA) is 70.7 Å². The van der Waals surface area contributed by atoms with Crippen molar-refractivity contribution in [2.75, 3.05) is 7.05 Å². The van der Waals surface area contributed by atoms with Crippen molar-refractivity contribution in [3.8, 4) is 11.1 Å². The van der Waals surface area contributed by atoms with E-state index in [-0.39, 0.29) is 5.91 Å². The summed E-state index contributed by atoms with van der Waals surface area (Å²) in [6.45, 7) is 0. The van der Waals surface area contributed by atoms with E-state index >= 15 is 0 Å². The molecule has 0 fully saturated rings. The number of pyridine rings is 2. The Morgan fingerprint density at radius 2 is 2.09 bits per heavy atom. The van der Waals surface area contributed by atoms with Gasteiger partial charge in [-0.3, -0.25) is 9.78 Å². The van der Waals surface area contributed by atoms with Crippen LogP contribution in [0.15, 0.2) is 55.0 Å². The molecule has 0 aliphatic carbocycles. The first-order valence-electron chi connectivity index (χ1n) is 7.30. The Balaban J connectivity index is 1.91. The molecule has 0 aliphatic heterocycles. The predicted molar refractivity (Wildman–Crippen MR) is 90.2 cm³/mol. The smallest absolute Gasteiger partial charge is 0.252 e. The molecule has 5 nitrogen and oxygen atoms in total. The van der Waals surface area contributed by atoms with Gasteiger partial charge in [0.05, 0.1) is 11.1 Å². The zero-order chi connectivity index (χ0) is 15.8. The molecule has 4 rings (SSSR count). The lowest BCUT2D eigenvalue weighted by Gasteiger charge is -2.04. The number of benzene rings is 1. The van der Waals surface area contributed by atoms with E-state index in [9.17, 15) is 4.79 Å². The Labute approximate surface area is 132 Å². The number of nitrogens with one attached hydrogen (secondary N) is 2. The Morgan fingerprint density at radius 1 is 1.17 bits per heavy atom. The van der Waals surface area contributed by atoms with Gasteiger partial charge in [-0.25, -0.2) is 4.98 Å². The highest BCUT2D eigenvalue weighted by atomic mass is 16.1. The van der Waals surface area contributed by atoms with E-state index in [4.69, 9.17) is 0 Å². The van der Waals surface area contributed by atoms with Crippen LogP contribution in [0.5, 0.6) is 0 Å². The number of fused-ring (bicyclic) bond motifs is 2. The number of amides is 1. The molecule has 0 bridgehead atoms. The molecule has 0 saturated carbocycles. The summed E-state index contributed by atoms with van der Waals surface area (Å²) in [6.07, 6.45) is 5.28. The number of carbonyl (C=O) groups excluding carboxylic acids is 1. The summed E-state index contributed by atoms with van der Waals surface area (Å²) >= 11 is 0. The normalized spacial score (nSPS) is 11.0. The number of nitrogens with zero attached hydrogens (tertiary/aromatic N) is 2. The zero-order valence-electron chi connectivity index (χ0n) is 12.5. The van der Waals surface area contributed by atoms with Crippen molar-refractivity contribution in [3.05, 3.63) is 60.6 Å². The second-order valence-electron chi connectivity index (χ2n) is 5.31. The maximum Gasteiger partial charge on any atom is 0.252 e. The minimum absolute atomic E-state index is 0.144. The number of H-pyrrole nitrogens is 1. The van der Waals surface area contributed by atoms with Gasteiger partial charge in [0.25, 0.3) is 5.91 Å². The average Bonchev–Trinajstić information content (AvgIpc) is 3.03. The number of carbonyl (C=O) groups is 1. The van der Waals surface area contributed by atoms with Crippen molar-refractivity contribution < 1.29 is 4.79 Å². The fourth-order valence-corrected chi connectivity index (χ4v) is 2.75. The molecular formula is C18H14N4O. The molecule has 3 aromatic heterocycles. The molecule has 1 amide bonds. The lowest BCUT2D eigenvalue weighted by molar-refractivity contribution is 0.0963. The van der Waals surface area contributed by atoms with E-state index in [1.807, 2.05) is 36.5 Å². The summed E-state index contributed by atoms with van der Waals surface area (Å²) in [5, 5.41) is 4.63. The fraction of sp³-hybridized carbons (Fsp3) is 0.0556. The van der Waals surface area contributed by atoms with Gasteiger partial charge in [0, 0.05) is 42.0 Å². The maximum atomic E-state index is 11.8. The highest BCUT2D eigenvalue weighted by Crippen LogP contribution is 2.30. The van der Waals surface area contributed by atoms with E-state index in [2.05, 4.69) is 26.3 Å². The van der Waals surface area contributed by atoms with Crippen molar-refractivity contribution in [3.63, 3.8) is 0 Å². The van der Waals surface area contributed by atoms with E-state index in [0.717, 1.165) is 33.1 Å². The average molecular weight is 302 g/mol. The van der Waals surface area contributed by atoms with Crippen molar-refractivity contribution in [1.82, 2.24) is 20.3 Å². The van der Waals surface area contributed by atoms with Crippen LogP contribution in [0.4, 0.5) is 0 Å². The Hall–Kier alpha value is -3.21. The SMILES string of the molecule is CNC(=O)c1cnc2[nH]cc(-c3ccc4ncccc4c3)c2c1. The largest absolute Gasteiger partial charge is 0.355 e. The second-order valence-corrected chi connectivity index (χ2v) is 5.31. The molecule has 1 aromatic carbocycles. The van der Waals surface area contributed by atoms with Gasteiger partial charge in [-0.1, -0.05) is 12.1 Å². The molecule has 2 N–H and O–H groups in total. The molecule has 0 atom stereocenters. The number of rotatable bonds is 2. The molecular weight excluding hydrogens is 288 g/mol. The highest BCUT2D eigenvalue weighted by Gasteiger charge is 2.11. The van der Waals surface area contributed by atoms with Gasteiger partial charge >= 0.3 is 0 Å². The first-order valence-corrected chi connectivity index (χ1v) is 7.30. The van der Waals surface area contributed by atoms with Crippen LogP contribution in [0.2, 0.25) is 0 Å². The van der Waals surface area contributed by atoms with Crippen molar-refractivity contribution in [1.29, 1.82) is 0 Å². The predicted octanol–water partition coefficient (Wildman–Crippen LogP) is 3.14. The number of hydrogen-bond acceptors (Lipinski definition) is 3. The number of hydrogen-bond donors (Lipinski definition) is 2. The Kier molecular flexibility index (Phi) is 3.05. The van der Waals surface area contributed by atoms with Crippen LogP contribution in [0.1, 0.15) is 10.4 Å². The van der Waals surface area contributed by atoms with E-state index in [0.29, 0.717) is 5.56 Å². The first kappa shape index (κ1) is 13.5. The van der Waals surface area contributed by atoms with E-state index in [1.165, 1.54) is 0 Å². The molecule has 23 heavy (non-hydrogen) atoms. The van der Waals surface area contributed by atoms with E-state index < -0.39 is 0 Å². The molecule has 4 aromatic rings. The lowest BCUT2D eigenvalue weighted by atomic mass is 10.0. The molecule has 0 aliphatic rings. The number of aromatic amines is 1. The van der Waals surface area contributed by atoms with Crippen LogP contribution in [0, 0.1) is 0 Å². The van der Waals surface area contributed by atoms with Crippen LogP contribution in [-0.2, 0) is 0 Å². The van der Waals surface area contributed by atoms with Gasteiger partial charge in [-0.2, -0.15) is 0 Å². The maximum absolute atomic E-state index is 11.8. The monoisotopic (exact) mass is 302 g/mol. The summed E-state index contributed by atoms with van der Waals surface area (Å²) in [5.74, 6) is -0.144. The van der Waals surface area contributed by atoms with Crippen LogP contribution >= 0.6 is 0 Å². The van der Waals surface area contributed by atoms with Gasteiger partial charge in [0.15, 0.2) is 0 Å². The Morgan fingerprint density at radius 3 is 2.96 bits per heavy atom. The molecule has 3 heterocycles. The van der Waals surface area contributed by atoms with Crippen molar-refractivity contribution in [2.24, 2.45) is 0 Å². The molecule has 0 radical (unpaired) electrons. The third kappa shape index (κ3) is 2.23. The lowest BCUT2D eigenvalue weighted by Crippen LogP contribution is -2.17. The standard InChI is InChI=1S/C18H14N4O/c1-19-18(23)13-8-14-15(10-22-17(14)21-9-13)11-4-5-16-12(7-11)3-2-6-20-16/h2-10H,1H3,(H,19,23)(H,21,22). The third-order valence-electron chi connectivity index (χ3n) is 3.93. The van der Waals surface area contributed by atoms with Gasteiger partial charge in [0.2, 0.25) is 0 Å². The summed E-state index contributed by atoms with van der Waals surface area (Å²) in [5.41, 5.74) is 4.35. The molecule has 112 valence electrons. The summed E-state index contributed by atoms with van der Waals surface area (Å²) < 4.78 is 0. The third-order valence-corrected chi connectivity index (χ3v) is 3.93. The van der Waals surface area contributed by atoms with Gasteiger partial charge in [-0.15, -0.1) is 0 Å². The Bertz CT molecular complexity index is 1040. The quantitative estimate of drug-likeness (QED) is 0.597. The van der Waals surface area contributed by atoms with Crippen LogP contribution in [-0.4, -0.2) is 27.9 Å². The minimum atomic E-state index is -0.144. The van der Waals surface area contributed by atoms with Crippen LogP contribution in [0.25, 0.3) is 33.1 Å². The van der Waals surface area contributed by atoms with Gasteiger partial charge in [0.1, 0.15) is 5.65 Å². The van der Waals surface area contributed by atoms with Crippen LogP contribution < -0.4 is 5.32 Å². The highest BCUT2D eigenvalue weighted by molar-refractivity contribution is 6.01. The van der Waals surface area contributed by atoms with E-state index in [1.54, 1.807) is 19.4 Å². The van der Waals surface area contributed by atoms with Crippen molar-refractivity contribution in [2.45, 2.75) is 0 Å². The summed E-state index contributed by atoms with van der Waals surface area (Å²) in [4.78, 5) is 23.7. The van der Waals surface area contributed by atoms with Crippen molar-refractivity contribution >= 4 is 27.8 Å². The van der Waals surface area contributed by atoms with Gasteiger partial charge < -0.3 is 10.3 Å². The minimum Gasteiger partial charge on any atom is -0.355 e. The molecule has 0 spiro atoms. The molecule has 0 saturated heterocycles. The fourth-order valence-electron chi connectivity index (χ4n) is 2.75. The molecule has 0 unspecified atom stereocenters. The summed E-state index contributed by atoms with van der Waals surface area (Å²) in [6, 6.07) is 11.9. The first-order chi connectivity index (χ1) is 11.3. The van der Waals surface area contributed by atoms with Crippen LogP contribution in [0.3, 0.4) is 0 Å². The van der Waals surface area contributed by atoms with Gasteiger partial charge in [-0.05, 0) is 29.8 Å². The second kappa shape index (κ2) is 5.21. The molecule has 5 heteroatoms. The zero-order valence-corrected chi connectivity index (χ0v) is 12.5. The summed E-state index contributed by atoms with van der Waals surface area (Å²) in [7, 11) is 1.61.